The molecule has 0 bridgehead atoms. The molecule has 5 heteroatoms. The summed E-state index contributed by atoms with van der Waals surface area (Å²) in [7, 11) is 1.52. The molecule has 2 aromatic carbocycles. The van der Waals surface area contributed by atoms with Crippen LogP contribution in [0.1, 0.15) is 16.7 Å². The van der Waals surface area contributed by atoms with Gasteiger partial charge >= 0.3 is 11.8 Å². The molecule has 0 aliphatic heterocycles. The average molecular weight is 312 g/mol. The first-order valence-corrected chi connectivity index (χ1v) is 7.25. The van der Waals surface area contributed by atoms with Crippen molar-refractivity contribution in [2.24, 2.45) is 0 Å². The molecular weight excluding hydrogens is 292 g/mol. The molecule has 2 aromatic rings. The lowest BCUT2D eigenvalue weighted by molar-refractivity contribution is -0.134. The maximum absolute atomic E-state index is 12.3. The van der Waals surface area contributed by atoms with Crippen molar-refractivity contribution in [1.29, 1.82) is 0 Å². The van der Waals surface area contributed by atoms with Crippen molar-refractivity contribution >= 4 is 23.2 Å². The van der Waals surface area contributed by atoms with Gasteiger partial charge in [-0.3, -0.25) is 9.59 Å². The van der Waals surface area contributed by atoms with Crippen LogP contribution >= 0.6 is 0 Å². The Morgan fingerprint density at radius 3 is 2.04 bits per heavy atom. The number of carbonyl (C=O) groups excluding carboxylic acids is 2. The molecule has 23 heavy (non-hydrogen) atoms. The van der Waals surface area contributed by atoms with E-state index in [4.69, 9.17) is 0 Å². The van der Waals surface area contributed by atoms with Gasteiger partial charge in [-0.15, -0.1) is 0 Å². The molecule has 0 saturated carbocycles. The van der Waals surface area contributed by atoms with Crippen LogP contribution in [0.5, 0.6) is 5.75 Å². The molecule has 0 aliphatic carbocycles. The summed E-state index contributed by atoms with van der Waals surface area (Å²) in [5.74, 6) is -1.27. The Bertz CT molecular complexity index is 728. The zero-order chi connectivity index (χ0) is 17.1. The predicted molar refractivity (Wildman–Crippen MR) is 90.8 cm³/mol. The highest BCUT2D eigenvalue weighted by atomic mass is 16.3. The van der Waals surface area contributed by atoms with Crippen LogP contribution in [-0.2, 0) is 9.59 Å². The average Bonchev–Trinajstić information content (AvgIpc) is 2.50. The normalized spacial score (nSPS) is 10.3. The van der Waals surface area contributed by atoms with Crippen LogP contribution in [0.3, 0.4) is 0 Å². The van der Waals surface area contributed by atoms with E-state index in [1.165, 1.54) is 24.1 Å². The number of aryl methyl sites for hydroxylation is 3. The lowest BCUT2D eigenvalue weighted by Gasteiger charge is -2.18. The Hall–Kier alpha value is -2.82. The Morgan fingerprint density at radius 1 is 1.00 bits per heavy atom. The summed E-state index contributed by atoms with van der Waals surface area (Å²) in [4.78, 5) is 25.7. The molecule has 0 atom stereocenters. The Morgan fingerprint density at radius 2 is 1.52 bits per heavy atom. The summed E-state index contributed by atoms with van der Waals surface area (Å²) < 4.78 is 0. The van der Waals surface area contributed by atoms with E-state index >= 15 is 0 Å². The van der Waals surface area contributed by atoms with Crippen molar-refractivity contribution in [1.82, 2.24) is 0 Å². The van der Waals surface area contributed by atoms with E-state index in [1.54, 1.807) is 12.1 Å². The quantitative estimate of drug-likeness (QED) is 0.838. The number of carbonyl (C=O) groups is 2. The third kappa shape index (κ3) is 3.69. The SMILES string of the molecule is Cc1cc(C)c(NC(=O)C(=O)N(C)c2ccc(O)cc2)c(C)c1. The largest absolute Gasteiger partial charge is 0.508 e. The molecule has 0 saturated heterocycles. The van der Waals surface area contributed by atoms with E-state index in [9.17, 15) is 14.7 Å². The predicted octanol–water partition coefficient (Wildman–Crippen LogP) is 2.92. The van der Waals surface area contributed by atoms with Crippen LogP contribution in [-0.4, -0.2) is 24.0 Å². The summed E-state index contributed by atoms with van der Waals surface area (Å²) in [6.45, 7) is 5.77. The molecule has 0 unspecified atom stereocenters. The number of rotatable bonds is 2. The molecule has 0 radical (unpaired) electrons. The summed E-state index contributed by atoms with van der Waals surface area (Å²) in [6, 6.07) is 9.98. The van der Waals surface area contributed by atoms with E-state index in [2.05, 4.69) is 5.32 Å². The third-order valence-electron chi connectivity index (χ3n) is 3.65. The number of nitrogens with one attached hydrogen (secondary N) is 1. The van der Waals surface area contributed by atoms with Gasteiger partial charge in [0, 0.05) is 18.4 Å². The fraction of sp³-hybridized carbons (Fsp3) is 0.222. The molecule has 0 heterocycles. The first-order valence-electron chi connectivity index (χ1n) is 7.25. The summed E-state index contributed by atoms with van der Waals surface area (Å²) in [5, 5.41) is 12.0. The molecular formula is C18H20N2O3. The lowest BCUT2D eigenvalue weighted by atomic mass is 10.1. The molecule has 120 valence electrons. The van der Waals surface area contributed by atoms with Gasteiger partial charge in [-0.05, 0) is 56.2 Å². The van der Waals surface area contributed by atoms with Gasteiger partial charge in [-0.25, -0.2) is 0 Å². The van der Waals surface area contributed by atoms with Crippen LogP contribution in [0.15, 0.2) is 36.4 Å². The van der Waals surface area contributed by atoms with Gasteiger partial charge < -0.3 is 15.3 Å². The number of amides is 2. The van der Waals surface area contributed by atoms with Crippen LogP contribution < -0.4 is 10.2 Å². The number of phenols is 1. The van der Waals surface area contributed by atoms with Crippen molar-refractivity contribution in [3.05, 3.63) is 53.1 Å². The van der Waals surface area contributed by atoms with Crippen LogP contribution in [0.4, 0.5) is 11.4 Å². The van der Waals surface area contributed by atoms with E-state index in [-0.39, 0.29) is 5.75 Å². The highest BCUT2D eigenvalue weighted by Gasteiger charge is 2.21. The second-order valence-corrected chi connectivity index (χ2v) is 5.61. The molecule has 0 aliphatic rings. The molecule has 5 nitrogen and oxygen atoms in total. The van der Waals surface area contributed by atoms with E-state index in [0.29, 0.717) is 11.4 Å². The zero-order valence-corrected chi connectivity index (χ0v) is 13.7. The number of hydrogen-bond acceptors (Lipinski definition) is 3. The van der Waals surface area contributed by atoms with Crippen molar-refractivity contribution in [2.45, 2.75) is 20.8 Å². The van der Waals surface area contributed by atoms with Gasteiger partial charge in [0.1, 0.15) is 5.75 Å². The number of phenolic OH excluding ortho intramolecular Hbond substituents is 1. The van der Waals surface area contributed by atoms with Gasteiger partial charge in [-0.1, -0.05) is 17.7 Å². The summed E-state index contributed by atoms with van der Waals surface area (Å²) in [5.41, 5.74) is 4.12. The Labute approximate surface area is 135 Å². The topological polar surface area (TPSA) is 69.6 Å². The Balaban J connectivity index is 2.17. The Kier molecular flexibility index (Phi) is 4.69. The maximum Gasteiger partial charge on any atom is 0.316 e. The fourth-order valence-corrected chi connectivity index (χ4v) is 2.49. The summed E-state index contributed by atoms with van der Waals surface area (Å²) >= 11 is 0. The van der Waals surface area contributed by atoms with Gasteiger partial charge in [0.2, 0.25) is 0 Å². The van der Waals surface area contributed by atoms with Gasteiger partial charge in [-0.2, -0.15) is 0 Å². The molecule has 2 rings (SSSR count). The van der Waals surface area contributed by atoms with Crippen LogP contribution in [0.25, 0.3) is 0 Å². The van der Waals surface area contributed by atoms with E-state index in [1.807, 2.05) is 32.9 Å². The minimum Gasteiger partial charge on any atom is -0.508 e. The van der Waals surface area contributed by atoms with Crippen molar-refractivity contribution in [3.63, 3.8) is 0 Å². The molecule has 2 amide bonds. The number of hydrogen-bond donors (Lipinski definition) is 2. The van der Waals surface area contributed by atoms with E-state index in [0.717, 1.165) is 16.7 Å². The molecule has 0 spiro atoms. The van der Waals surface area contributed by atoms with Gasteiger partial charge in [0.05, 0.1) is 0 Å². The smallest absolute Gasteiger partial charge is 0.316 e. The van der Waals surface area contributed by atoms with Gasteiger partial charge in [0.25, 0.3) is 0 Å². The van der Waals surface area contributed by atoms with Crippen molar-refractivity contribution in [3.8, 4) is 5.75 Å². The number of anilines is 2. The van der Waals surface area contributed by atoms with E-state index < -0.39 is 11.8 Å². The number of nitrogens with zero attached hydrogens (tertiary/aromatic N) is 1. The third-order valence-corrected chi connectivity index (χ3v) is 3.65. The number of benzene rings is 2. The highest BCUT2D eigenvalue weighted by molar-refractivity contribution is 6.44. The monoisotopic (exact) mass is 312 g/mol. The zero-order valence-electron chi connectivity index (χ0n) is 13.7. The van der Waals surface area contributed by atoms with Gasteiger partial charge in [0.15, 0.2) is 0 Å². The second kappa shape index (κ2) is 6.52. The number of likely N-dealkylation sites (N-methyl/N-ethyl adjacent to an activating group) is 1. The van der Waals surface area contributed by atoms with Crippen molar-refractivity contribution < 1.29 is 14.7 Å². The fourth-order valence-electron chi connectivity index (χ4n) is 2.49. The highest BCUT2D eigenvalue weighted by Crippen LogP contribution is 2.22. The first-order chi connectivity index (χ1) is 10.8. The van der Waals surface area contributed by atoms with Crippen molar-refractivity contribution in [2.75, 3.05) is 17.3 Å². The minimum absolute atomic E-state index is 0.102. The molecule has 0 aromatic heterocycles. The second-order valence-electron chi connectivity index (χ2n) is 5.61. The lowest BCUT2D eigenvalue weighted by Crippen LogP contribution is -2.37. The summed E-state index contributed by atoms with van der Waals surface area (Å²) in [6.07, 6.45) is 0. The first kappa shape index (κ1) is 16.5. The maximum atomic E-state index is 12.3. The minimum atomic E-state index is -0.698. The van der Waals surface area contributed by atoms with Crippen LogP contribution in [0, 0.1) is 20.8 Å². The number of aromatic hydroxyl groups is 1. The van der Waals surface area contributed by atoms with Crippen LogP contribution in [0.2, 0.25) is 0 Å². The molecule has 2 N–H and O–H groups in total. The molecule has 0 fully saturated rings. The standard InChI is InChI=1S/C18H20N2O3/c1-11-9-12(2)16(13(3)10-11)19-17(22)18(23)20(4)14-5-7-15(21)8-6-14/h5-10,21H,1-4H3,(H,19,22).